The second kappa shape index (κ2) is 5.56. The molecule has 1 N–H and O–H groups in total. The predicted molar refractivity (Wildman–Crippen MR) is 70.8 cm³/mol. The molecule has 2 rings (SSSR count). The Morgan fingerprint density at radius 2 is 2.05 bits per heavy atom. The summed E-state index contributed by atoms with van der Waals surface area (Å²) in [6.07, 6.45) is -4.42. The Kier molecular flexibility index (Phi) is 4.22. The van der Waals surface area contributed by atoms with E-state index in [1.807, 2.05) is 0 Å². The van der Waals surface area contributed by atoms with Gasteiger partial charge in [-0.3, -0.25) is 0 Å². The summed E-state index contributed by atoms with van der Waals surface area (Å²) in [5.74, 6) is 0. The van der Waals surface area contributed by atoms with Gasteiger partial charge in [0, 0.05) is 16.6 Å². The molecule has 0 aliphatic rings. The summed E-state index contributed by atoms with van der Waals surface area (Å²) in [4.78, 5) is 0. The smallest absolute Gasteiger partial charge is 0.313 e. The monoisotopic (exact) mass is 351 g/mol. The molecule has 102 valence electrons. The molecule has 19 heavy (non-hydrogen) atoms. The van der Waals surface area contributed by atoms with E-state index >= 15 is 0 Å². The molecule has 1 aromatic heterocycles. The average Bonchev–Trinajstić information content (AvgIpc) is 2.77. The van der Waals surface area contributed by atoms with Crippen molar-refractivity contribution in [2.45, 2.75) is 12.7 Å². The third-order valence-electron chi connectivity index (χ3n) is 2.31. The van der Waals surface area contributed by atoms with Gasteiger partial charge in [0.2, 0.25) is 0 Å². The highest BCUT2D eigenvalue weighted by Crippen LogP contribution is 2.39. The van der Waals surface area contributed by atoms with Gasteiger partial charge in [0.15, 0.2) is 0 Å². The van der Waals surface area contributed by atoms with Crippen LogP contribution in [0.3, 0.4) is 0 Å². The zero-order chi connectivity index (χ0) is 14.0. The second-order valence-electron chi connectivity index (χ2n) is 3.72. The summed E-state index contributed by atoms with van der Waals surface area (Å²) in [7, 11) is 1.74. The summed E-state index contributed by atoms with van der Waals surface area (Å²) in [6, 6.07) is 4.01. The van der Waals surface area contributed by atoms with Crippen molar-refractivity contribution in [2.24, 2.45) is 0 Å². The minimum absolute atomic E-state index is 0.0514. The number of rotatable bonds is 3. The lowest BCUT2D eigenvalue weighted by molar-refractivity contribution is -0.137. The molecule has 2 aromatic rings. The van der Waals surface area contributed by atoms with E-state index in [9.17, 15) is 13.2 Å². The maximum atomic E-state index is 13.0. The van der Waals surface area contributed by atoms with Crippen LogP contribution < -0.4 is 5.32 Å². The lowest BCUT2D eigenvalue weighted by atomic mass is 10.1. The van der Waals surface area contributed by atoms with E-state index in [1.165, 1.54) is 6.07 Å². The molecule has 3 nitrogen and oxygen atoms in total. The van der Waals surface area contributed by atoms with Gasteiger partial charge in [0.25, 0.3) is 0 Å². The Hall–Kier alpha value is -0.990. The van der Waals surface area contributed by atoms with E-state index in [0.717, 1.165) is 17.4 Å². The second-order valence-corrected chi connectivity index (χ2v) is 5.70. The van der Waals surface area contributed by atoms with Crippen LogP contribution in [0.4, 0.5) is 13.2 Å². The topological polar surface area (TPSA) is 37.8 Å². The van der Waals surface area contributed by atoms with E-state index in [4.69, 9.17) is 0 Å². The van der Waals surface area contributed by atoms with Crippen LogP contribution in [0.25, 0.3) is 10.6 Å². The van der Waals surface area contributed by atoms with Gasteiger partial charge in [-0.05, 0) is 19.2 Å². The zero-order valence-electron chi connectivity index (χ0n) is 9.75. The minimum Gasteiger partial charge on any atom is -0.313 e. The number of halogens is 4. The Balaban J connectivity index is 2.48. The standard InChI is InChI=1S/C11H9BrF3N3S/c1-16-5-9-17-18-10(19-9)7-3-2-6(12)4-8(7)11(13,14)15/h2-4,16H,5H2,1H3. The molecule has 0 fully saturated rings. The van der Waals surface area contributed by atoms with Crippen LogP contribution in [0, 0.1) is 0 Å². The maximum Gasteiger partial charge on any atom is 0.417 e. The van der Waals surface area contributed by atoms with Crippen LogP contribution in [-0.4, -0.2) is 17.2 Å². The first kappa shape index (κ1) is 14.4. The highest BCUT2D eigenvalue weighted by Gasteiger charge is 2.34. The highest BCUT2D eigenvalue weighted by atomic mass is 79.9. The first-order chi connectivity index (χ1) is 8.91. The number of alkyl halides is 3. The molecule has 8 heteroatoms. The fourth-order valence-electron chi connectivity index (χ4n) is 1.52. The van der Waals surface area contributed by atoms with E-state index in [1.54, 1.807) is 13.1 Å². The predicted octanol–water partition coefficient (Wildman–Crippen LogP) is 3.71. The molecule has 0 amide bonds. The Bertz CT molecular complexity index is 583. The first-order valence-corrected chi connectivity index (χ1v) is 6.87. The lowest BCUT2D eigenvalue weighted by Crippen LogP contribution is -2.07. The molecule has 0 aliphatic heterocycles. The summed E-state index contributed by atoms with van der Waals surface area (Å²) >= 11 is 4.20. The van der Waals surface area contributed by atoms with Gasteiger partial charge >= 0.3 is 6.18 Å². The number of hydrogen-bond donors (Lipinski definition) is 1. The first-order valence-electron chi connectivity index (χ1n) is 5.26. The van der Waals surface area contributed by atoms with Gasteiger partial charge in [-0.25, -0.2) is 0 Å². The van der Waals surface area contributed by atoms with Crippen molar-refractivity contribution in [2.75, 3.05) is 7.05 Å². The number of aromatic nitrogens is 2. The molecule has 1 heterocycles. The van der Waals surface area contributed by atoms with Gasteiger partial charge < -0.3 is 5.32 Å². The number of nitrogens with one attached hydrogen (secondary N) is 1. The largest absolute Gasteiger partial charge is 0.417 e. The Labute approximate surface area is 120 Å². The fraction of sp³-hybridized carbons (Fsp3) is 0.273. The van der Waals surface area contributed by atoms with Crippen molar-refractivity contribution >= 4 is 27.3 Å². The SMILES string of the molecule is CNCc1nnc(-c2ccc(Br)cc2C(F)(F)F)s1. The number of nitrogens with zero attached hydrogens (tertiary/aromatic N) is 2. The van der Waals surface area contributed by atoms with Crippen molar-refractivity contribution in [1.29, 1.82) is 0 Å². The van der Waals surface area contributed by atoms with Crippen LogP contribution in [0.15, 0.2) is 22.7 Å². The van der Waals surface area contributed by atoms with Gasteiger partial charge in [-0.2, -0.15) is 13.2 Å². The molecule has 0 unspecified atom stereocenters. The molecule has 0 saturated heterocycles. The molecular weight excluding hydrogens is 343 g/mol. The lowest BCUT2D eigenvalue weighted by Gasteiger charge is -2.11. The molecule has 0 bridgehead atoms. The van der Waals surface area contributed by atoms with Crippen LogP contribution in [0.2, 0.25) is 0 Å². The van der Waals surface area contributed by atoms with Gasteiger partial charge in [-0.1, -0.05) is 33.3 Å². The third-order valence-corrected chi connectivity index (χ3v) is 3.76. The van der Waals surface area contributed by atoms with E-state index in [2.05, 4.69) is 31.4 Å². The third kappa shape index (κ3) is 3.31. The van der Waals surface area contributed by atoms with Crippen LogP contribution >= 0.6 is 27.3 Å². The van der Waals surface area contributed by atoms with Crippen molar-refractivity contribution in [3.05, 3.63) is 33.2 Å². The Morgan fingerprint density at radius 1 is 1.32 bits per heavy atom. The van der Waals surface area contributed by atoms with E-state index in [-0.39, 0.29) is 10.6 Å². The summed E-state index contributed by atoms with van der Waals surface area (Å²) < 4.78 is 39.4. The Morgan fingerprint density at radius 3 is 2.68 bits per heavy atom. The minimum atomic E-state index is -4.42. The van der Waals surface area contributed by atoms with Gasteiger partial charge in [0.1, 0.15) is 10.0 Å². The summed E-state index contributed by atoms with van der Waals surface area (Å²) in [5.41, 5.74) is -0.662. The van der Waals surface area contributed by atoms with Crippen molar-refractivity contribution < 1.29 is 13.2 Å². The molecule has 0 saturated carbocycles. The normalized spacial score (nSPS) is 11.8. The van der Waals surface area contributed by atoms with E-state index < -0.39 is 11.7 Å². The maximum absolute atomic E-state index is 13.0. The fourth-order valence-corrected chi connectivity index (χ4v) is 2.77. The zero-order valence-corrected chi connectivity index (χ0v) is 12.2. The van der Waals surface area contributed by atoms with Crippen LogP contribution in [0.1, 0.15) is 10.6 Å². The molecule has 0 atom stereocenters. The van der Waals surface area contributed by atoms with Crippen molar-refractivity contribution in [3.8, 4) is 10.6 Å². The highest BCUT2D eigenvalue weighted by molar-refractivity contribution is 9.10. The number of benzene rings is 1. The van der Waals surface area contributed by atoms with E-state index in [0.29, 0.717) is 16.0 Å². The molecule has 0 spiro atoms. The average molecular weight is 352 g/mol. The molecular formula is C11H9BrF3N3S. The van der Waals surface area contributed by atoms with Crippen molar-refractivity contribution in [1.82, 2.24) is 15.5 Å². The number of hydrogen-bond acceptors (Lipinski definition) is 4. The quantitative estimate of drug-likeness (QED) is 0.915. The molecule has 0 radical (unpaired) electrons. The van der Waals surface area contributed by atoms with Crippen molar-refractivity contribution in [3.63, 3.8) is 0 Å². The van der Waals surface area contributed by atoms with Crippen LogP contribution in [-0.2, 0) is 12.7 Å². The van der Waals surface area contributed by atoms with Crippen LogP contribution in [0.5, 0.6) is 0 Å². The van der Waals surface area contributed by atoms with Gasteiger partial charge in [0.05, 0.1) is 5.56 Å². The molecule has 1 aromatic carbocycles. The molecule has 0 aliphatic carbocycles. The van der Waals surface area contributed by atoms with Gasteiger partial charge in [-0.15, -0.1) is 10.2 Å². The summed E-state index contributed by atoms with van der Waals surface area (Å²) in [5, 5.41) is 11.5. The summed E-state index contributed by atoms with van der Waals surface area (Å²) in [6.45, 7) is 0.482.